The van der Waals surface area contributed by atoms with Crippen LogP contribution in [0, 0.1) is 0 Å². The first-order valence-corrected chi connectivity index (χ1v) is 43.5. The smallest absolute Gasteiger partial charge is 0.462 e. The van der Waals surface area contributed by atoms with Crippen LogP contribution in [0.15, 0.2) is 97.2 Å². The van der Waals surface area contributed by atoms with Gasteiger partial charge < -0.3 is 33.8 Å². The number of esters is 4. The van der Waals surface area contributed by atoms with Gasteiger partial charge in [0.1, 0.15) is 19.3 Å². The molecule has 0 saturated carbocycles. The first kappa shape index (κ1) is 98.0. The van der Waals surface area contributed by atoms with Gasteiger partial charge in [-0.1, -0.05) is 318 Å². The van der Waals surface area contributed by atoms with E-state index in [1.54, 1.807) is 0 Å². The lowest BCUT2D eigenvalue weighted by Gasteiger charge is -2.21. The van der Waals surface area contributed by atoms with Gasteiger partial charge in [0.2, 0.25) is 0 Å². The van der Waals surface area contributed by atoms with Crippen LogP contribution < -0.4 is 0 Å². The van der Waals surface area contributed by atoms with E-state index in [0.29, 0.717) is 25.7 Å². The molecule has 0 heterocycles. The Hall–Kier alpha value is -4.02. The number of rotatable bonds is 76. The van der Waals surface area contributed by atoms with E-state index >= 15 is 0 Å². The van der Waals surface area contributed by atoms with Crippen LogP contribution in [0.25, 0.3) is 0 Å². The standard InChI is InChI=1S/C83H146O17P2/c1-5-9-13-17-21-25-29-33-36-37-38-39-42-45-48-52-56-60-64-68-81(86)94-74-79(100-83(88)70-66-62-58-54-50-46-41-35-31-27-23-19-15-11-7-3)76-98-102(91,92)96-72-77(84)71-95-101(89,90)97-75-78(99-82(87)69-65-61-57-53-49-43-32-28-24-20-16-12-8-4)73-93-80(85)67-63-59-55-51-47-44-40-34-30-26-22-18-14-10-6-2/h9-10,13-14,21-22,25-26,33-34,36,38-40,45,48,77-79,84H,5-8,11-12,15-20,23-24,27-32,35,37,41-44,46-47,49-76H2,1-4H3,(H,89,90)(H,91,92)/b13-9-,14-10-,25-21-,26-22-,36-33-,39-38-,40-34-,48-45-. The number of unbranched alkanes of at least 4 members (excludes halogenated alkanes) is 34. The zero-order chi connectivity index (χ0) is 74.6. The van der Waals surface area contributed by atoms with E-state index in [1.165, 1.54) is 116 Å². The van der Waals surface area contributed by atoms with E-state index in [0.717, 1.165) is 154 Å². The normalized spacial score (nSPS) is 14.4. The van der Waals surface area contributed by atoms with Gasteiger partial charge in [-0.3, -0.25) is 37.3 Å². The van der Waals surface area contributed by atoms with Crippen molar-refractivity contribution >= 4 is 39.5 Å². The van der Waals surface area contributed by atoms with Crippen LogP contribution in [0.2, 0.25) is 0 Å². The van der Waals surface area contributed by atoms with Crippen LogP contribution >= 0.6 is 15.6 Å². The molecule has 3 N–H and O–H groups in total. The summed E-state index contributed by atoms with van der Waals surface area (Å²) in [6.07, 6.45) is 79.5. The summed E-state index contributed by atoms with van der Waals surface area (Å²) in [6, 6.07) is 0. The minimum Gasteiger partial charge on any atom is -0.462 e. The first-order valence-electron chi connectivity index (χ1n) is 40.5. The Morgan fingerprint density at radius 1 is 0.284 bits per heavy atom. The van der Waals surface area contributed by atoms with Crippen molar-refractivity contribution in [3.63, 3.8) is 0 Å². The molecule has 17 nitrogen and oxygen atoms in total. The summed E-state index contributed by atoms with van der Waals surface area (Å²) in [6.45, 7) is 4.65. The maximum absolute atomic E-state index is 13.1. The summed E-state index contributed by atoms with van der Waals surface area (Å²) in [5.41, 5.74) is 0. The number of aliphatic hydroxyl groups is 1. The topological polar surface area (TPSA) is 237 Å². The van der Waals surface area contributed by atoms with Crippen molar-refractivity contribution < 1.29 is 80.2 Å². The number of allylic oxidation sites excluding steroid dienone is 16. The van der Waals surface area contributed by atoms with Crippen LogP contribution in [-0.2, 0) is 65.4 Å². The zero-order valence-electron chi connectivity index (χ0n) is 64.5. The Kier molecular flexibility index (Phi) is 72.3. The average molecular weight is 1480 g/mol. The van der Waals surface area contributed by atoms with E-state index in [9.17, 15) is 43.2 Å². The average Bonchev–Trinajstić information content (AvgIpc) is 0.924. The minimum absolute atomic E-state index is 0.0909. The highest BCUT2D eigenvalue weighted by atomic mass is 31.2. The largest absolute Gasteiger partial charge is 0.472 e. The molecule has 0 amide bonds. The summed E-state index contributed by atoms with van der Waals surface area (Å²) in [5.74, 6) is -2.20. The first-order chi connectivity index (χ1) is 49.7. The molecule has 0 bridgehead atoms. The monoisotopic (exact) mass is 1480 g/mol. The van der Waals surface area contributed by atoms with Gasteiger partial charge in [0, 0.05) is 25.7 Å². The minimum atomic E-state index is -4.98. The lowest BCUT2D eigenvalue weighted by molar-refractivity contribution is -0.161. The van der Waals surface area contributed by atoms with Crippen LogP contribution in [0.3, 0.4) is 0 Å². The Morgan fingerprint density at radius 2 is 0.510 bits per heavy atom. The van der Waals surface area contributed by atoms with Gasteiger partial charge in [-0.15, -0.1) is 0 Å². The molecule has 19 heteroatoms. The van der Waals surface area contributed by atoms with Gasteiger partial charge in [0.15, 0.2) is 12.2 Å². The molecule has 0 aliphatic carbocycles. The molecule has 0 aliphatic rings. The van der Waals surface area contributed by atoms with E-state index in [1.807, 2.05) is 0 Å². The fourth-order valence-corrected chi connectivity index (χ4v) is 12.5. The Labute approximate surface area is 620 Å². The van der Waals surface area contributed by atoms with Crippen molar-refractivity contribution in [1.29, 1.82) is 0 Å². The van der Waals surface area contributed by atoms with E-state index in [4.69, 9.17) is 37.0 Å². The van der Waals surface area contributed by atoms with Crippen LogP contribution in [0.5, 0.6) is 0 Å². The van der Waals surface area contributed by atoms with Crippen molar-refractivity contribution in [2.45, 2.75) is 367 Å². The highest BCUT2D eigenvalue weighted by molar-refractivity contribution is 7.47. The lowest BCUT2D eigenvalue weighted by Crippen LogP contribution is -2.30. The van der Waals surface area contributed by atoms with Gasteiger partial charge in [-0.2, -0.15) is 0 Å². The molecule has 102 heavy (non-hydrogen) atoms. The highest BCUT2D eigenvalue weighted by Gasteiger charge is 2.30. The third-order valence-corrected chi connectivity index (χ3v) is 19.0. The van der Waals surface area contributed by atoms with Gasteiger partial charge in [-0.25, -0.2) is 9.13 Å². The van der Waals surface area contributed by atoms with Crippen molar-refractivity contribution in [1.82, 2.24) is 0 Å². The van der Waals surface area contributed by atoms with Gasteiger partial charge in [0.25, 0.3) is 0 Å². The molecular formula is C83H146O17P2. The van der Waals surface area contributed by atoms with E-state index in [2.05, 4.69) is 125 Å². The predicted molar refractivity (Wildman–Crippen MR) is 418 cm³/mol. The number of hydrogen-bond acceptors (Lipinski definition) is 15. The van der Waals surface area contributed by atoms with Crippen LogP contribution in [0.4, 0.5) is 0 Å². The van der Waals surface area contributed by atoms with Crippen LogP contribution in [-0.4, -0.2) is 96.7 Å². The maximum Gasteiger partial charge on any atom is 0.472 e. The summed E-state index contributed by atoms with van der Waals surface area (Å²) >= 11 is 0. The summed E-state index contributed by atoms with van der Waals surface area (Å²) in [7, 11) is -9.96. The van der Waals surface area contributed by atoms with E-state index in [-0.39, 0.29) is 25.7 Å². The molecule has 5 unspecified atom stereocenters. The van der Waals surface area contributed by atoms with Gasteiger partial charge in [-0.05, 0) is 103 Å². The Bertz CT molecular complexity index is 2310. The fraction of sp³-hybridized carbons (Fsp3) is 0.759. The number of carbonyl (C=O) groups excluding carboxylic acids is 4. The Morgan fingerprint density at radius 3 is 0.794 bits per heavy atom. The van der Waals surface area contributed by atoms with Crippen molar-refractivity contribution in [3.05, 3.63) is 97.2 Å². The maximum atomic E-state index is 13.1. The molecule has 0 radical (unpaired) electrons. The molecule has 0 spiro atoms. The molecule has 0 rings (SSSR count). The van der Waals surface area contributed by atoms with Crippen molar-refractivity contribution in [2.24, 2.45) is 0 Å². The third kappa shape index (κ3) is 74.3. The lowest BCUT2D eigenvalue weighted by atomic mass is 10.0. The molecule has 0 aromatic heterocycles. The molecule has 590 valence electrons. The fourth-order valence-electron chi connectivity index (χ4n) is 11.0. The number of phosphoric ester groups is 2. The molecule has 0 saturated heterocycles. The number of phosphoric acid groups is 2. The van der Waals surface area contributed by atoms with Crippen LogP contribution in [0.1, 0.15) is 349 Å². The molecule has 0 fully saturated rings. The SMILES string of the molecule is CC/C=C\C/C=C\C/C=C\C/C=C\C/C=C\CCCCCC(=O)OCC(COP(=O)(O)OCC(O)COP(=O)(O)OCC(COC(=O)CCCCCCC/C=C\C/C=C\C/C=C\CC)OC(=O)CCCCCCCCCCCCCCC)OC(=O)CCCCCCCCCCCCCCCCC. The number of aliphatic hydroxyl groups excluding tert-OH is 1. The molecule has 0 aliphatic heterocycles. The number of hydrogen-bond donors (Lipinski definition) is 3. The van der Waals surface area contributed by atoms with Gasteiger partial charge in [0.05, 0.1) is 26.4 Å². The molecule has 0 aromatic carbocycles. The quantitative estimate of drug-likeness (QED) is 0.0169. The zero-order valence-corrected chi connectivity index (χ0v) is 66.3. The van der Waals surface area contributed by atoms with Crippen molar-refractivity contribution in [3.8, 4) is 0 Å². The summed E-state index contributed by atoms with van der Waals surface area (Å²) < 4.78 is 68.6. The van der Waals surface area contributed by atoms with Crippen molar-refractivity contribution in [2.75, 3.05) is 39.6 Å². The molecule has 5 atom stereocenters. The molecular weight excluding hydrogens is 1330 g/mol. The highest BCUT2D eigenvalue weighted by Crippen LogP contribution is 2.45. The second-order valence-electron chi connectivity index (χ2n) is 27.0. The summed E-state index contributed by atoms with van der Waals surface area (Å²) in [4.78, 5) is 73.0. The molecule has 0 aromatic rings. The number of carbonyl (C=O) groups is 4. The Balaban J connectivity index is 5.36. The predicted octanol–water partition coefficient (Wildman–Crippen LogP) is 23.6. The van der Waals surface area contributed by atoms with E-state index < -0.39 is 97.5 Å². The third-order valence-electron chi connectivity index (χ3n) is 17.1. The second-order valence-corrected chi connectivity index (χ2v) is 29.9. The second kappa shape index (κ2) is 75.2. The summed E-state index contributed by atoms with van der Waals surface area (Å²) in [5, 5.41) is 10.6. The van der Waals surface area contributed by atoms with Gasteiger partial charge >= 0.3 is 39.5 Å². The number of ether oxygens (including phenoxy) is 4.